The van der Waals surface area contributed by atoms with Crippen LogP contribution in [0.25, 0.3) is 0 Å². The van der Waals surface area contributed by atoms with Crippen LogP contribution in [-0.4, -0.2) is 14.8 Å². The molecule has 0 aromatic carbocycles. The summed E-state index contributed by atoms with van der Waals surface area (Å²) >= 11 is 0. The third-order valence-electron chi connectivity index (χ3n) is 0.490. The zero-order chi connectivity index (χ0) is 8.31. The van der Waals surface area contributed by atoms with Crippen LogP contribution in [0, 0.1) is 36.6 Å². The molecule has 0 aliphatic carbocycles. The van der Waals surface area contributed by atoms with Gasteiger partial charge < -0.3 is 0 Å². The van der Waals surface area contributed by atoms with Crippen LogP contribution in [0.2, 0.25) is 0 Å². The van der Waals surface area contributed by atoms with E-state index in [1.54, 1.807) is 0 Å². The lowest BCUT2D eigenvalue weighted by Gasteiger charge is -2.00. The Bertz CT molecular complexity index is 152. The Hall–Kier alpha value is -1.93. The highest BCUT2D eigenvalue weighted by molar-refractivity contribution is 4.39. The quantitative estimate of drug-likeness (QED) is 0.296. The van der Waals surface area contributed by atoms with Gasteiger partial charge in [-0.1, -0.05) is 0 Å². The Morgan fingerprint density at radius 1 is 0.800 bits per heavy atom. The maximum Gasteiger partial charge on any atom is 0.593 e. The highest BCUT2D eigenvalue weighted by Crippen LogP contribution is 2.00. The Labute approximate surface area is 52.7 Å². The summed E-state index contributed by atoms with van der Waals surface area (Å²) in [5, 5.41) is 28.4. The minimum atomic E-state index is -2.14. The monoisotopic (exact) mass is 150 g/mol. The SMILES string of the molecule is O=[N+]([O-])[C-]([N+](=O)[O-])[N+](=O)[O-]. The van der Waals surface area contributed by atoms with E-state index >= 15 is 0 Å². The normalized spacial score (nSPS) is 8.40. The van der Waals surface area contributed by atoms with Gasteiger partial charge in [0.1, 0.15) is 0 Å². The number of hydrogen-bond donors (Lipinski definition) is 0. The second-order valence-corrected chi connectivity index (χ2v) is 1.07. The molecule has 56 valence electrons. The summed E-state index contributed by atoms with van der Waals surface area (Å²) in [6.07, 6.45) is -2.14. The molecule has 0 aromatic heterocycles. The zero-order valence-corrected chi connectivity index (χ0v) is 4.29. The molecule has 0 fully saturated rings. The molecule has 0 N–H and O–H groups in total. The Morgan fingerprint density at radius 2 is 1.00 bits per heavy atom. The Kier molecular flexibility index (Phi) is 2.07. The predicted octanol–water partition coefficient (Wildman–Crippen LogP) is -0.737. The lowest BCUT2D eigenvalue weighted by atomic mass is 10.9. The molecule has 0 bridgehead atoms. The first-order valence-corrected chi connectivity index (χ1v) is 1.77. The summed E-state index contributed by atoms with van der Waals surface area (Å²) < 4.78 is 0. The molecule has 10 heavy (non-hydrogen) atoms. The van der Waals surface area contributed by atoms with Crippen LogP contribution in [-0.2, 0) is 0 Å². The number of rotatable bonds is 3. The van der Waals surface area contributed by atoms with Gasteiger partial charge in [0.05, 0.1) is 0 Å². The van der Waals surface area contributed by atoms with Gasteiger partial charge >= 0.3 is 6.29 Å². The minimum Gasteiger partial charge on any atom is -0.283 e. The third kappa shape index (κ3) is 1.54. The van der Waals surface area contributed by atoms with Crippen molar-refractivity contribution < 1.29 is 14.8 Å². The van der Waals surface area contributed by atoms with E-state index in [1.165, 1.54) is 0 Å². The van der Waals surface area contributed by atoms with Gasteiger partial charge in [0.25, 0.3) is 0 Å². The van der Waals surface area contributed by atoms with E-state index in [0.717, 1.165) is 0 Å². The van der Waals surface area contributed by atoms with Gasteiger partial charge in [0.15, 0.2) is 0 Å². The predicted molar refractivity (Wildman–Crippen MR) is 24.2 cm³/mol. The third-order valence-corrected chi connectivity index (χ3v) is 0.490. The van der Waals surface area contributed by atoms with Crippen LogP contribution >= 0.6 is 0 Å². The lowest BCUT2D eigenvalue weighted by molar-refractivity contribution is -0.832. The van der Waals surface area contributed by atoms with Crippen LogP contribution in [0.1, 0.15) is 0 Å². The van der Waals surface area contributed by atoms with Crippen molar-refractivity contribution in [3.8, 4) is 0 Å². The molecule has 0 aliphatic heterocycles. The van der Waals surface area contributed by atoms with Crippen LogP contribution in [0.5, 0.6) is 0 Å². The fourth-order valence-corrected chi connectivity index (χ4v) is 0.200. The summed E-state index contributed by atoms with van der Waals surface area (Å²) in [4.78, 5) is 23.4. The van der Waals surface area contributed by atoms with Crippen LogP contribution in [0.4, 0.5) is 0 Å². The minimum absolute atomic E-state index is 1.67. The zero-order valence-electron chi connectivity index (χ0n) is 4.29. The molecule has 0 rings (SSSR count). The molecular formula is CN3O6-. The maximum absolute atomic E-state index is 9.47. The Morgan fingerprint density at radius 3 is 1.00 bits per heavy atom. The molecule has 9 nitrogen and oxygen atoms in total. The summed E-state index contributed by atoms with van der Waals surface area (Å²) in [6.45, 7) is 0. The molecule has 9 heteroatoms. The fourth-order valence-electron chi connectivity index (χ4n) is 0.200. The van der Waals surface area contributed by atoms with Gasteiger partial charge in [0.2, 0.25) is 0 Å². The average molecular weight is 150 g/mol. The summed E-state index contributed by atoms with van der Waals surface area (Å²) in [7, 11) is 0. The first-order chi connectivity index (χ1) is 4.46. The van der Waals surface area contributed by atoms with Gasteiger partial charge in [-0.05, 0) is 0 Å². The van der Waals surface area contributed by atoms with Crippen LogP contribution < -0.4 is 0 Å². The molecule has 0 heterocycles. The molecule has 0 spiro atoms. The molecule has 0 saturated carbocycles. The van der Waals surface area contributed by atoms with E-state index in [1.807, 2.05) is 0 Å². The van der Waals surface area contributed by atoms with Crippen molar-refractivity contribution in [2.75, 3.05) is 0 Å². The van der Waals surface area contributed by atoms with Gasteiger partial charge in [-0.15, -0.1) is 0 Å². The second kappa shape index (κ2) is 2.57. The largest absolute Gasteiger partial charge is 0.593 e. The topological polar surface area (TPSA) is 129 Å². The molecule has 0 amide bonds. The van der Waals surface area contributed by atoms with Crippen molar-refractivity contribution in [2.24, 2.45) is 0 Å². The molecule has 0 unspecified atom stereocenters. The highest BCUT2D eigenvalue weighted by atomic mass is 16.7. The van der Waals surface area contributed by atoms with Crippen LogP contribution in [0.3, 0.4) is 0 Å². The van der Waals surface area contributed by atoms with E-state index in [0.29, 0.717) is 0 Å². The van der Waals surface area contributed by atoms with Crippen LogP contribution in [0.15, 0.2) is 0 Å². The molecular weight excluding hydrogens is 150 g/mol. The number of hydrogen-bond acceptors (Lipinski definition) is 6. The van der Waals surface area contributed by atoms with Crippen molar-refractivity contribution in [3.05, 3.63) is 36.6 Å². The maximum atomic E-state index is 9.47. The van der Waals surface area contributed by atoms with E-state index in [2.05, 4.69) is 0 Å². The van der Waals surface area contributed by atoms with E-state index in [9.17, 15) is 30.3 Å². The fraction of sp³-hybridized carbons (Fsp3) is 0. The van der Waals surface area contributed by atoms with Crippen molar-refractivity contribution in [1.29, 1.82) is 0 Å². The summed E-state index contributed by atoms with van der Waals surface area (Å²) in [6, 6.07) is 0. The molecule has 0 aliphatic rings. The van der Waals surface area contributed by atoms with E-state index < -0.39 is 21.1 Å². The van der Waals surface area contributed by atoms with Gasteiger partial charge in [0, 0.05) is 14.8 Å². The van der Waals surface area contributed by atoms with Gasteiger partial charge in [-0.3, -0.25) is 30.3 Å². The average Bonchev–Trinajstić information content (AvgIpc) is 1.59. The number of nitrogens with zero attached hydrogens (tertiary/aromatic N) is 3. The second-order valence-electron chi connectivity index (χ2n) is 1.07. The summed E-state index contributed by atoms with van der Waals surface area (Å²) in [5.74, 6) is 0. The molecule has 0 aromatic rings. The molecule has 0 atom stereocenters. The van der Waals surface area contributed by atoms with Crippen molar-refractivity contribution in [2.45, 2.75) is 0 Å². The van der Waals surface area contributed by atoms with E-state index in [-0.39, 0.29) is 0 Å². The number of nitro groups is 3. The Balaban J connectivity index is 4.43. The van der Waals surface area contributed by atoms with Gasteiger partial charge in [-0.25, -0.2) is 0 Å². The first kappa shape index (κ1) is 8.07. The van der Waals surface area contributed by atoms with Gasteiger partial charge in [-0.2, -0.15) is 0 Å². The first-order valence-electron chi connectivity index (χ1n) is 1.77. The molecule has 0 saturated heterocycles. The standard InChI is InChI=1S/CN3O6/c5-2(6)1(3(7)8)4(9)10/q-1. The highest BCUT2D eigenvalue weighted by Gasteiger charge is 2.34. The van der Waals surface area contributed by atoms with E-state index in [4.69, 9.17) is 0 Å². The lowest BCUT2D eigenvalue weighted by Crippen LogP contribution is -2.27. The van der Waals surface area contributed by atoms with Crippen molar-refractivity contribution >= 4 is 0 Å². The molecule has 0 radical (unpaired) electrons. The van der Waals surface area contributed by atoms with Crippen molar-refractivity contribution in [3.63, 3.8) is 0 Å². The smallest absolute Gasteiger partial charge is 0.283 e. The summed E-state index contributed by atoms with van der Waals surface area (Å²) in [5.41, 5.74) is 0. The van der Waals surface area contributed by atoms with Crippen molar-refractivity contribution in [1.82, 2.24) is 0 Å².